The van der Waals surface area contributed by atoms with Gasteiger partial charge in [-0.25, -0.2) is 8.42 Å². The summed E-state index contributed by atoms with van der Waals surface area (Å²) in [6, 6.07) is 6.58. The number of rotatable bonds is 4. The van der Waals surface area contributed by atoms with Crippen molar-refractivity contribution in [3.05, 3.63) is 48.5 Å². The van der Waals surface area contributed by atoms with Gasteiger partial charge in [-0.05, 0) is 25.0 Å². The van der Waals surface area contributed by atoms with Crippen LogP contribution in [-0.2, 0) is 10.0 Å². The summed E-state index contributed by atoms with van der Waals surface area (Å²) in [5, 5.41) is 0. The number of hydrogen-bond donors (Lipinski definition) is 0. The van der Waals surface area contributed by atoms with E-state index in [4.69, 9.17) is 4.74 Å². The predicted molar refractivity (Wildman–Crippen MR) is 85.8 cm³/mol. The van der Waals surface area contributed by atoms with E-state index in [1.165, 1.54) is 11.4 Å². The van der Waals surface area contributed by atoms with Gasteiger partial charge in [0.15, 0.2) is 0 Å². The number of nitrogens with zero attached hydrogens (tertiary/aromatic N) is 3. The molecule has 1 aliphatic heterocycles. The lowest BCUT2D eigenvalue weighted by molar-refractivity contribution is 0.312. The van der Waals surface area contributed by atoms with E-state index in [-0.39, 0.29) is 10.8 Å². The molecule has 3 rings (SSSR count). The number of sulfonamides is 1. The maximum absolute atomic E-state index is 12.9. The van der Waals surface area contributed by atoms with Gasteiger partial charge in [0.1, 0.15) is 5.75 Å². The summed E-state index contributed by atoms with van der Waals surface area (Å²) >= 11 is 0. The first-order chi connectivity index (χ1) is 11.1. The molecule has 2 aromatic rings. The lowest BCUT2D eigenvalue weighted by Crippen LogP contribution is -2.39. The van der Waals surface area contributed by atoms with Crippen molar-refractivity contribution >= 4 is 10.0 Å². The number of ether oxygens (including phenoxy) is 1. The van der Waals surface area contributed by atoms with E-state index >= 15 is 0 Å². The van der Waals surface area contributed by atoms with Crippen molar-refractivity contribution in [2.24, 2.45) is 0 Å². The zero-order valence-electron chi connectivity index (χ0n) is 12.9. The highest BCUT2D eigenvalue weighted by Gasteiger charge is 2.31. The molecule has 0 radical (unpaired) electrons. The van der Waals surface area contributed by atoms with Crippen LogP contribution < -0.4 is 4.74 Å². The summed E-state index contributed by atoms with van der Waals surface area (Å²) < 4.78 is 32.4. The average molecular weight is 333 g/mol. The van der Waals surface area contributed by atoms with E-state index in [0.29, 0.717) is 18.8 Å². The Morgan fingerprint density at radius 2 is 2.17 bits per heavy atom. The first-order valence-corrected chi connectivity index (χ1v) is 8.95. The van der Waals surface area contributed by atoms with E-state index in [0.717, 1.165) is 18.5 Å². The molecule has 0 saturated carbocycles. The van der Waals surface area contributed by atoms with Gasteiger partial charge in [0.05, 0.1) is 17.7 Å². The second kappa shape index (κ2) is 6.64. The molecule has 1 atom stereocenters. The molecule has 1 fully saturated rings. The molecule has 1 aliphatic rings. The van der Waals surface area contributed by atoms with Gasteiger partial charge in [-0.3, -0.25) is 9.97 Å². The van der Waals surface area contributed by atoms with Gasteiger partial charge in [-0.15, -0.1) is 0 Å². The first-order valence-electron chi connectivity index (χ1n) is 7.51. The van der Waals surface area contributed by atoms with E-state index in [1.54, 1.807) is 42.9 Å². The number of methoxy groups -OCH3 is 1. The van der Waals surface area contributed by atoms with Crippen molar-refractivity contribution in [1.82, 2.24) is 14.3 Å². The average Bonchev–Trinajstić information content (AvgIpc) is 2.62. The summed E-state index contributed by atoms with van der Waals surface area (Å²) in [7, 11) is -2.01. The fourth-order valence-corrected chi connectivity index (χ4v) is 4.39. The molecular formula is C16H19N3O3S. The van der Waals surface area contributed by atoms with Crippen LogP contribution in [0.3, 0.4) is 0 Å². The molecule has 1 aromatic heterocycles. The number of benzene rings is 1. The Bertz CT molecular complexity index is 765. The fraction of sp³-hybridized carbons (Fsp3) is 0.375. The van der Waals surface area contributed by atoms with Gasteiger partial charge in [0.25, 0.3) is 0 Å². The zero-order valence-corrected chi connectivity index (χ0v) is 13.7. The van der Waals surface area contributed by atoms with Gasteiger partial charge in [0.2, 0.25) is 10.0 Å². The topological polar surface area (TPSA) is 72.4 Å². The minimum atomic E-state index is -3.53. The van der Waals surface area contributed by atoms with Crippen molar-refractivity contribution in [3.8, 4) is 5.75 Å². The van der Waals surface area contributed by atoms with Crippen LogP contribution in [0.4, 0.5) is 0 Å². The quantitative estimate of drug-likeness (QED) is 0.856. The van der Waals surface area contributed by atoms with E-state index < -0.39 is 10.0 Å². The third-order valence-electron chi connectivity index (χ3n) is 4.06. The summed E-state index contributed by atoms with van der Waals surface area (Å²) in [5.74, 6) is 0.617. The fourth-order valence-electron chi connectivity index (χ4n) is 2.83. The van der Waals surface area contributed by atoms with Gasteiger partial charge in [-0.1, -0.05) is 6.07 Å². The molecule has 1 saturated heterocycles. The van der Waals surface area contributed by atoms with Crippen LogP contribution in [0.25, 0.3) is 0 Å². The highest BCUT2D eigenvalue weighted by atomic mass is 32.2. The standard InChI is InChI=1S/C16H19N3O3S/c1-22-14-5-2-6-15(10-14)23(20,21)19-9-3-4-13(12-19)16-11-17-7-8-18-16/h2,5-8,10-11,13H,3-4,9,12H2,1H3/t13-/m0/s1. The summed E-state index contributed by atoms with van der Waals surface area (Å²) in [6.45, 7) is 0.953. The number of aromatic nitrogens is 2. The Labute approximate surface area is 136 Å². The van der Waals surface area contributed by atoms with Gasteiger partial charge >= 0.3 is 0 Å². The van der Waals surface area contributed by atoms with Gasteiger partial charge in [0, 0.05) is 43.7 Å². The second-order valence-electron chi connectivity index (χ2n) is 5.51. The molecule has 1 aromatic carbocycles. The van der Waals surface area contributed by atoms with Gasteiger partial charge in [-0.2, -0.15) is 4.31 Å². The molecule has 0 amide bonds. The Hall–Kier alpha value is -1.99. The largest absolute Gasteiger partial charge is 0.497 e. The minimum absolute atomic E-state index is 0.0813. The molecule has 0 aliphatic carbocycles. The Morgan fingerprint density at radius 1 is 1.30 bits per heavy atom. The molecule has 0 unspecified atom stereocenters. The SMILES string of the molecule is COc1cccc(S(=O)(=O)N2CCC[C@H](c3cnccn3)C2)c1. The molecule has 7 heteroatoms. The van der Waals surface area contributed by atoms with Crippen LogP contribution in [0.1, 0.15) is 24.5 Å². The number of piperidine rings is 1. The van der Waals surface area contributed by atoms with Crippen LogP contribution in [0.15, 0.2) is 47.8 Å². The van der Waals surface area contributed by atoms with Crippen molar-refractivity contribution in [2.75, 3.05) is 20.2 Å². The lowest BCUT2D eigenvalue weighted by atomic mass is 9.96. The normalized spacial score (nSPS) is 19.4. The van der Waals surface area contributed by atoms with Crippen molar-refractivity contribution in [3.63, 3.8) is 0 Å². The highest BCUT2D eigenvalue weighted by Crippen LogP contribution is 2.29. The molecule has 0 N–H and O–H groups in total. The molecule has 2 heterocycles. The van der Waals surface area contributed by atoms with Gasteiger partial charge < -0.3 is 4.74 Å². The van der Waals surface area contributed by atoms with Crippen molar-refractivity contribution in [2.45, 2.75) is 23.7 Å². The molecule has 6 nitrogen and oxygen atoms in total. The van der Waals surface area contributed by atoms with E-state index in [9.17, 15) is 8.42 Å². The third-order valence-corrected chi connectivity index (χ3v) is 5.93. The summed E-state index contributed by atoms with van der Waals surface area (Å²) in [5.41, 5.74) is 0.845. The maximum atomic E-state index is 12.9. The Kier molecular flexibility index (Phi) is 4.58. The van der Waals surface area contributed by atoms with E-state index in [1.807, 2.05) is 0 Å². The molecule has 23 heavy (non-hydrogen) atoms. The minimum Gasteiger partial charge on any atom is -0.497 e. The number of hydrogen-bond acceptors (Lipinski definition) is 5. The first kappa shape index (κ1) is 15.9. The van der Waals surface area contributed by atoms with E-state index in [2.05, 4.69) is 9.97 Å². The lowest BCUT2D eigenvalue weighted by Gasteiger charge is -2.31. The third kappa shape index (κ3) is 3.35. The molecule has 0 bridgehead atoms. The second-order valence-corrected chi connectivity index (χ2v) is 7.45. The van der Waals surface area contributed by atoms with Crippen LogP contribution in [0, 0.1) is 0 Å². The monoisotopic (exact) mass is 333 g/mol. The molecule has 122 valence electrons. The maximum Gasteiger partial charge on any atom is 0.243 e. The summed E-state index contributed by atoms with van der Waals surface area (Å²) in [4.78, 5) is 8.66. The van der Waals surface area contributed by atoms with Crippen LogP contribution in [0.5, 0.6) is 5.75 Å². The van der Waals surface area contributed by atoms with Crippen molar-refractivity contribution in [1.29, 1.82) is 0 Å². The molecular weight excluding hydrogens is 314 g/mol. The van der Waals surface area contributed by atoms with Crippen molar-refractivity contribution < 1.29 is 13.2 Å². The smallest absolute Gasteiger partial charge is 0.243 e. The summed E-state index contributed by atoms with van der Waals surface area (Å²) in [6.07, 6.45) is 6.71. The van der Waals surface area contributed by atoms with Crippen LogP contribution >= 0.6 is 0 Å². The molecule has 0 spiro atoms. The zero-order chi connectivity index (χ0) is 16.3. The Balaban J connectivity index is 1.85. The Morgan fingerprint density at radius 3 is 2.91 bits per heavy atom. The predicted octanol–water partition coefficient (Wildman–Crippen LogP) is 2.05. The van der Waals surface area contributed by atoms with Crippen LogP contribution in [0.2, 0.25) is 0 Å². The highest BCUT2D eigenvalue weighted by molar-refractivity contribution is 7.89. The van der Waals surface area contributed by atoms with Crippen LogP contribution in [-0.4, -0.2) is 42.9 Å².